The molecule has 0 radical (unpaired) electrons. The van der Waals surface area contributed by atoms with E-state index in [4.69, 9.17) is 0 Å². The molecule has 0 aliphatic rings. The monoisotopic (exact) mass is 632 g/mol. The molecule has 16 heteroatoms. The van der Waals surface area contributed by atoms with Crippen LogP contribution in [-0.4, -0.2) is 19.9 Å². The second-order valence-corrected chi connectivity index (χ2v) is 10.9. The van der Waals surface area contributed by atoms with Crippen molar-refractivity contribution in [2.24, 2.45) is 0 Å². The van der Waals surface area contributed by atoms with Crippen molar-refractivity contribution in [3.05, 3.63) is 92.8 Å². The van der Waals surface area contributed by atoms with Gasteiger partial charge in [0.1, 0.15) is 20.0 Å². The number of benzene rings is 2. The lowest BCUT2D eigenvalue weighted by Gasteiger charge is -2.08. The van der Waals surface area contributed by atoms with Crippen LogP contribution >= 0.6 is 45.3 Å². The van der Waals surface area contributed by atoms with Gasteiger partial charge in [0, 0.05) is 46.3 Å². The Labute approximate surface area is 234 Å². The maximum atomic E-state index is 14.0. The molecule has 40 heavy (non-hydrogen) atoms. The van der Waals surface area contributed by atoms with Crippen molar-refractivity contribution in [1.82, 2.24) is 19.9 Å². The van der Waals surface area contributed by atoms with Crippen molar-refractivity contribution < 1.29 is 35.1 Å². The molecule has 0 bridgehead atoms. The molecule has 0 fully saturated rings. The molecule has 0 amide bonds. The van der Waals surface area contributed by atoms with Crippen LogP contribution in [0.25, 0.3) is 42.3 Å². The smallest absolute Gasteiger partial charge is 0.172 e. The van der Waals surface area contributed by atoms with Crippen molar-refractivity contribution in [3.8, 4) is 42.3 Å². The van der Waals surface area contributed by atoms with Crippen molar-refractivity contribution in [1.29, 1.82) is 0 Å². The third-order valence-electron chi connectivity index (χ3n) is 5.11. The molecule has 6 rings (SSSR count). The van der Waals surface area contributed by atoms with Crippen LogP contribution in [0.5, 0.6) is 0 Å². The molecule has 0 spiro atoms. The molecule has 0 aliphatic carbocycles. The molecule has 0 saturated heterocycles. The quantitative estimate of drug-likeness (QED) is 0.144. The predicted molar refractivity (Wildman–Crippen MR) is 137 cm³/mol. The summed E-state index contributed by atoms with van der Waals surface area (Å²) in [5.41, 5.74) is -3.18. The maximum absolute atomic E-state index is 14.0. The van der Waals surface area contributed by atoms with Gasteiger partial charge in [-0.2, -0.15) is 0 Å². The van der Waals surface area contributed by atoms with Gasteiger partial charge in [0.15, 0.2) is 46.5 Å². The molecule has 6 aromatic rings. The Bertz CT molecular complexity index is 1450. The summed E-state index contributed by atoms with van der Waals surface area (Å²) in [7, 11) is 0. The van der Waals surface area contributed by atoms with Crippen molar-refractivity contribution >= 4 is 45.3 Å². The largest absolute Gasteiger partial charge is 0.244 e. The van der Waals surface area contributed by atoms with Crippen LogP contribution in [-0.2, 0) is 0 Å². The SMILES string of the molecule is Fc1c(F)c(-c2nccs2)c(F)c(F)c1-c1nccs1.Fc1c(F)c(-c2nccs2)c(F)c(F)c1-c1nccs1. The summed E-state index contributed by atoms with van der Waals surface area (Å²) in [6.07, 6.45) is 5.18. The van der Waals surface area contributed by atoms with E-state index in [2.05, 4.69) is 19.9 Å². The summed E-state index contributed by atoms with van der Waals surface area (Å²) in [5.74, 6) is -11.7. The van der Waals surface area contributed by atoms with Crippen LogP contribution in [0.2, 0.25) is 0 Å². The van der Waals surface area contributed by atoms with Crippen LogP contribution in [0.15, 0.2) is 46.3 Å². The fourth-order valence-corrected chi connectivity index (χ4v) is 6.08. The van der Waals surface area contributed by atoms with Gasteiger partial charge in [0.25, 0.3) is 0 Å². The molecule has 4 aromatic heterocycles. The van der Waals surface area contributed by atoms with E-state index in [1.807, 2.05) is 0 Å². The Morgan fingerprint density at radius 1 is 0.325 bits per heavy atom. The molecule has 2 aromatic carbocycles. The average molecular weight is 633 g/mol. The van der Waals surface area contributed by atoms with Gasteiger partial charge in [0.2, 0.25) is 0 Å². The fraction of sp³-hybridized carbons (Fsp3) is 0. The zero-order valence-electron chi connectivity index (χ0n) is 19.1. The second-order valence-electron chi connectivity index (χ2n) is 7.36. The van der Waals surface area contributed by atoms with E-state index >= 15 is 0 Å². The summed E-state index contributed by atoms with van der Waals surface area (Å²) in [4.78, 5) is 14.7. The highest BCUT2D eigenvalue weighted by molar-refractivity contribution is 7.14. The van der Waals surface area contributed by atoms with E-state index in [1.165, 1.54) is 46.3 Å². The highest BCUT2D eigenvalue weighted by Crippen LogP contribution is 2.39. The van der Waals surface area contributed by atoms with Crippen molar-refractivity contribution in [2.75, 3.05) is 0 Å². The number of nitrogens with zero attached hydrogens (tertiary/aromatic N) is 4. The van der Waals surface area contributed by atoms with E-state index in [0.29, 0.717) is 0 Å². The number of hydrogen-bond acceptors (Lipinski definition) is 8. The van der Waals surface area contributed by atoms with Crippen molar-refractivity contribution in [2.45, 2.75) is 0 Å². The molecular weight excluding hydrogens is 625 g/mol. The minimum atomic E-state index is -1.47. The second kappa shape index (κ2) is 11.5. The number of hydrogen-bond donors (Lipinski definition) is 0. The standard InChI is InChI=1S/2C12H4F4N2S2/c2*13-7-5(11-17-1-3-19-11)8(14)10(16)6(9(7)15)12-18-2-4-20-12/h2*1-4H. The lowest BCUT2D eigenvalue weighted by Crippen LogP contribution is -2.03. The van der Waals surface area contributed by atoms with Gasteiger partial charge in [-0.3, -0.25) is 0 Å². The lowest BCUT2D eigenvalue weighted by molar-refractivity contribution is 0.462. The van der Waals surface area contributed by atoms with Crippen LogP contribution < -0.4 is 0 Å². The van der Waals surface area contributed by atoms with Crippen molar-refractivity contribution in [3.63, 3.8) is 0 Å². The normalized spacial score (nSPS) is 11.0. The first kappa shape index (κ1) is 27.9. The molecular formula is C24H8F8N4S4. The Morgan fingerprint density at radius 2 is 0.500 bits per heavy atom. The lowest BCUT2D eigenvalue weighted by atomic mass is 10.1. The average Bonchev–Trinajstić information content (AvgIpc) is 3.76. The summed E-state index contributed by atoms with van der Waals surface area (Å²) in [6, 6.07) is 0. The molecule has 4 nitrogen and oxygen atoms in total. The van der Waals surface area contributed by atoms with Gasteiger partial charge in [-0.1, -0.05) is 0 Å². The van der Waals surface area contributed by atoms with Gasteiger partial charge in [-0.25, -0.2) is 55.1 Å². The van der Waals surface area contributed by atoms with Gasteiger partial charge >= 0.3 is 0 Å². The Balaban J connectivity index is 0.000000161. The Kier molecular flexibility index (Phi) is 8.02. The zero-order valence-corrected chi connectivity index (χ0v) is 22.3. The van der Waals surface area contributed by atoms with E-state index in [9.17, 15) is 35.1 Å². The summed E-state index contributed by atoms with van der Waals surface area (Å²) in [5, 5.41) is 5.34. The molecule has 0 unspecified atom stereocenters. The number of rotatable bonds is 4. The Hall–Kier alpha value is -3.60. The molecule has 204 valence electrons. The van der Waals surface area contributed by atoms with Crippen LogP contribution in [0.4, 0.5) is 35.1 Å². The highest BCUT2D eigenvalue weighted by Gasteiger charge is 2.30. The van der Waals surface area contributed by atoms with Gasteiger partial charge in [-0.15, -0.1) is 45.3 Å². The number of halogens is 8. The fourth-order valence-electron chi connectivity index (χ4n) is 3.40. The highest BCUT2D eigenvalue weighted by atomic mass is 32.1. The number of thiazole rings is 4. The minimum absolute atomic E-state index is 0.122. The maximum Gasteiger partial charge on any atom is 0.172 e. The molecule has 4 heterocycles. The molecule has 0 aliphatic heterocycles. The number of aromatic nitrogens is 4. The topological polar surface area (TPSA) is 51.6 Å². The van der Waals surface area contributed by atoms with Gasteiger partial charge < -0.3 is 0 Å². The molecule has 0 saturated carbocycles. The van der Waals surface area contributed by atoms with Crippen LogP contribution in [0, 0.1) is 46.5 Å². The summed E-state index contributed by atoms with van der Waals surface area (Å²) in [6.45, 7) is 0. The predicted octanol–water partition coefficient (Wildman–Crippen LogP) is 8.98. The van der Waals surface area contributed by atoms with E-state index < -0.39 is 68.8 Å². The first-order valence-electron chi connectivity index (χ1n) is 10.5. The minimum Gasteiger partial charge on any atom is -0.244 e. The summed E-state index contributed by atoms with van der Waals surface area (Å²) < 4.78 is 112. The van der Waals surface area contributed by atoms with E-state index in [0.717, 1.165) is 45.3 Å². The first-order valence-corrected chi connectivity index (χ1v) is 14.1. The van der Waals surface area contributed by atoms with E-state index in [1.54, 1.807) is 0 Å². The summed E-state index contributed by atoms with van der Waals surface area (Å²) >= 11 is 3.55. The third kappa shape index (κ3) is 4.91. The molecule has 0 atom stereocenters. The first-order chi connectivity index (χ1) is 19.2. The van der Waals surface area contributed by atoms with Crippen LogP contribution in [0.3, 0.4) is 0 Å². The third-order valence-corrected chi connectivity index (χ3v) is 8.27. The zero-order chi connectivity index (χ0) is 28.6. The molecule has 0 N–H and O–H groups in total. The van der Waals surface area contributed by atoms with E-state index in [-0.39, 0.29) is 20.0 Å². The van der Waals surface area contributed by atoms with Gasteiger partial charge in [-0.05, 0) is 0 Å². The van der Waals surface area contributed by atoms with Gasteiger partial charge in [0.05, 0.1) is 22.3 Å². The Morgan fingerprint density at radius 3 is 0.625 bits per heavy atom. The van der Waals surface area contributed by atoms with Crippen LogP contribution in [0.1, 0.15) is 0 Å².